The first-order valence-electron chi connectivity index (χ1n) is 11.2. The minimum absolute atomic E-state index is 0.204. The molecule has 1 aromatic carbocycles. The van der Waals surface area contributed by atoms with Crippen LogP contribution < -0.4 is 10.6 Å². The molecule has 1 heterocycles. The first kappa shape index (κ1) is 26.4. The number of para-hydroxylation sites is 1. The molecule has 8 nitrogen and oxygen atoms in total. The summed E-state index contributed by atoms with van der Waals surface area (Å²) in [6, 6.07) is 9.41. The summed E-state index contributed by atoms with van der Waals surface area (Å²) in [6.07, 6.45) is 1.26. The Labute approximate surface area is 200 Å². The third-order valence-corrected chi connectivity index (χ3v) is 5.52. The molecule has 0 fully saturated rings. The fraction of sp³-hybridized carbons (Fsp3) is 0.385. The van der Waals surface area contributed by atoms with Crippen LogP contribution in [-0.4, -0.2) is 35.0 Å². The lowest BCUT2D eigenvalue weighted by atomic mass is 10.1. The number of nitriles is 1. The number of anilines is 1. The molecule has 1 unspecified atom stereocenters. The van der Waals surface area contributed by atoms with E-state index in [9.17, 15) is 19.6 Å². The number of benzene rings is 1. The van der Waals surface area contributed by atoms with Crippen LogP contribution >= 0.6 is 0 Å². The average molecular weight is 465 g/mol. The molecule has 0 bridgehead atoms. The van der Waals surface area contributed by atoms with E-state index in [-0.39, 0.29) is 12.1 Å². The molecule has 2 aromatic rings. The highest BCUT2D eigenvalue weighted by Crippen LogP contribution is 2.20. The number of aromatic nitrogens is 1. The van der Waals surface area contributed by atoms with Crippen molar-refractivity contribution in [1.29, 1.82) is 5.26 Å². The predicted molar refractivity (Wildman–Crippen MR) is 131 cm³/mol. The summed E-state index contributed by atoms with van der Waals surface area (Å²) in [6.45, 7) is 11.7. The van der Waals surface area contributed by atoms with E-state index in [0.29, 0.717) is 5.69 Å². The fourth-order valence-electron chi connectivity index (χ4n) is 3.62. The van der Waals surface area contributed by atoms with Crippen LogP contribution in [0.2, 0.25) is 0 Å². The molecule has 0 aliphatic carbocycles. The van der Waals surface area contributed by atoms with Crippen LogP contribution in [-0.2, 0) is 25.7 Å². The Hall–Kier alpha value is -3.86. The number of nitrogens with one attached hydrogen (secondary N) is 2. The Balaban J connectivity index is 1.98. The van der Waals surface area contributed by atoms with E-state index in [1.807, 2.05) is 58.0 Å². The molecule has 180 valence electrons. The molecular weight excluding hydrogens is 432 g/mol. The molecule has 0 saturated carbocycles. The van der Waals surface area contributed by atoms with Crippen molar-refractivity contribution in [3.8, 4) is 6.07 Å². The highest BCUT2D eigenvalue weighted by molar-refractivity contribution is 6.00. The number of aryl methyl sites for hydroxylation is 3. The average Bonchev–Trinajstić information content (AvgIpc) is 3.05. The number of hydrogen-bond acceptors (Lipinski definition) is 5. The Morgan fingerprint density at radius 1 is 1.18 bits per heavy atom. The van der Waals surface area contributed by atoms with Gasteiger partial charge in [-0.15, -0.1) is 0 Å². The van der Waals surface area contributed by atoms with Crippen molar-refractivity contribution in [3.63, 3.8) is 0 Å². The van der Waals surface area contributed by atoms with E-state index >= 15 is 0 Å². The number of nitrogens with zero attached hydrogens (tertiary/aromatic N) is 2. The number of rotatable bonds is 9. The molecule has 2 N–H and O–H groups in total. The SMILES string of the molecule is CCCn1c(C)cc(/C=C(\C#N)C(=O)OC(C)C(=O)NCC(=O)Nc2c(C)cccc2C)c1C. The molecule has 1 atom stereocenters. The first-order chi connectivity index (χ1) is 16.1. The zero-order valence-corrected chi connectivity index (χ0v) is 20.6. The number of hydrogen-bond donors (Lipinski definition) is 2. The van der Waals surface area contributed by atoms with Gasteiger partial charge in [0, 0.05) is 23.6 Å². The van der Waals surface area contributed by atoms with Gasteiger partial charge < -0.3 is 19.9 Å². The van der Waals surface area contributed by atoms with Crippen molar-refractivity contribution in [1.82, 2.24) is 9.88 Å². The number of amides is 2. The second-order valence-corrected chi connectivity index (χ2v) is 8.23. The van der Waals surface area contributed by atoms with Gasteiger partial charge in [-0.3, -0.25) is 9.59 Å². The van der Waals surface area contributed by atoms with Crippen LogP contribution in [0.25, 0.3) is 6.08 Å². The predicted octanol–water partition coefficient (Wildman–Crippen LogP) is 3.73. The van der Waals surface area contributed by atoms with Gasteiger partial charge in [-0.2, -0.15) is 5.26 Å². The van der Waals surface area contributed by atoms with Crippen LogP contribution in [0.5, 0.6) is 0 Å². The molecule has 0 saturated heterocycles. The van der Waals surface area contributed by atoms with E-state index in [4.69, 9.17) is 4.74 Å². The maximum atomic E-state index is 12.5. The quantitative estimate of drug-likeness (QED) is 0.334. The molecule has 8 heteroatoms. The lowest BCUT2D eigenvalue weighted by molar-refractivity contribution is -0.150. The van der Waals surface area contributed by atoms with E-state index < -0.39 is 23.9 Å². The summed E-state index contributed by atoms with van der Waals surface area (Å²) in [7, 11) is 0. The minimum atomic E-state index is -1.18. The van der Waals surface area contributed by atoms with Gasteiger partial charge in [0.15, 0.2) is 6.10 Å². The minimum Gasteiger partial charge on any atom is -0.448 e. The molecule has 0 spiro atoms. The maximum Gasteiger partial charge on any atom is 0.349 e. The van der Waals surface area contributed by atoms with Gasteiger partial charge in [0.05, 0.1) is 6.54 Å². The van der Waals surface area contributed by atoms with Crippen molar-refractivity contribution in [2.45, 2.75) is 60.6 Å². The zero-order chi connectivity index (χ0) is 25.4. The molecule has 1 aromatic heterocycles. The normalized spacial score (nSPS) is 12.0. The molecule has 0 aliphatic heterocycles. The number of ether oxygens (including phenoxy) is 1. The Kier molecular flexibility index (Phi) is 9.19. The van der Waals surface area contributed by atoms with E-state index in [2.05, 4.69) is 22.1 Å². The van der Waals surface area contributed by atoms with Crippen LogP contribution in [0.3, 0.4) is 0 Å². The molecular formula is C26H32N4O4. The molecule has 0 radical (unpaired) electrons. The molecule has 0 aliphatic rings. The van der Waals surface area contributed by atoms with E-state index in [0.717, 1.165) is 41.0 Å². The fourth-order valence-corrected chi connectivity index (χ4v) is 3.62. The van der Waals surface area contributed by atoms with E-state index in [1.165, 1.54) is 13.0 Å². The van der Waals surface area contributed by atoms with Crippen molar-refractivity contribution in [2.24, 2.45) is 0 Å². The van der Waals surface area contributed by atoms with E-state index in [1.54, 1.807) is 0 Å². The first-order valence-corrected chi connectivity index (χ1v) is 11.2. The van der Waals surface area contributed by atoms with Gasteiger partial charge in [0.25, 0.3) is 5.91 Å². The summed E-state index contributed by atoms with van der Waals surface area (Å²) in [5.41, 5.74) is 5.04. The highest BCUT2D eigenvalue weighted by Gasteiger charge is 2.22. The summed E-state index contributed by atoms with van der Waals surface area (Å²) >= 11 is 0. The summed E-state index contributed by atoms with van der Waals surface area (Å²) in [4.78, 5) is 37.1. The Morgan fingerprint density at radius 2 is 1.82 bits per heavy atom. The lowest BCUT2D eigenvalue weighted by Crippen LogP contribution is -2.40. The summed E-state index contributed by atoms with van der Waals surface area (Å²) < 4.78 is 7.29. The highest BCUT2D eigenvalue weighted by atomic mass is 16.5. The smallest absolute Gasteiger partial charge is 0.349 e. The van der Waals surface area contributed by atoms with Crippen molar-refractivity contribution >= 4 is 29.5 Å². The van der Waals surface area contributed by atoms with Crippen molar-refractivity contribution < 1.29 is 19.1 Å². The number of carbonyl (C=O) groups excluding carboxylic acids is 3. The van der Waals surface area contributed by atoms with Crippen molar-refractivity contribution in [2.75, 3.05) is 11.9 Å². The van der Waals surface area contributed by atoms with Gasteiger partial charge in [-0.1, -0.05) is 25.1 Å². The van der Waals surface area contributed by atoms with Gasteiger partial charge in [0.1, 0.15) is 11.6 Å². The topological polar surface area (TPSA) is 113 Å². The Bertz CT molecular complexity index is 1130. The molecule has 2 rings (SSSR count). The van der Waals surface area contributed by atoms with Crippen LogP contribution in [0.15, 0.2) is 29.8 Å². The zero-order valence-electron chi connectivity index (χ0n) is 20.6. The summed E-state index contributed by atoms with van der Waals surface area (Å²) in [5, 5.41) is 14.7. The number of carbonyl (C=O) groups is 3. The van der Waals surface area contributed by atoms with Crippen molar-refractivity contribution in [3.05, 3.63) is 57.9 Å². The largest absolute Gasteiger partial charge is 0.448 e. The standard InChI is InChI=1S/C26H32N4O4/c1-7-11-30-18(4)12-21(19(30)5)13-22(14-27)26(33)34-20(6)25(32)28-15-23(31)29-24-16(2)9-8-10-17(24)3/h8-10,12-13,20H,7,11,15H2,1-6H3,(H,28,32)(H,29,31)/b22-13+. The van der Waals surface area contributed by atoms with Crippen LogP contribution in [0.4, 0.5) is 5.69 Å². The molecule has 34 heavy (non-hydrogen) atoms. The van der Waals surface area contributed by atoms with Gasteiger partial charge in [-0.05, 0) is 69.9 Å². The lowest BCUT2D eigenvalue weighted by Gasteiger charge is -2.14. The molecule has 2 amide bonds. The summed E-state index contributed by atoms with van der Waals surface area (Å²) in [5.74, 6) is -1.93. The van der Waals surface area contributed by atoms with Gasteiger partial charge in [-0.25, -0.2) is 4.79 Å². The second-order valence-electron chi connectivity index (χ2n) is 8.23. The Morgan fingerprint density at radius 3 is 2.41 bits per heavy atom. The maximum absolute atomic E-state index is 12.5. The van der Waals surface area contributed by atoms with Gasteiger partial charge in [0.2, 0.25) is 5.91 Å². The number of esters is 1. The third kappa shape index (κ3) is 6.58. The monoisotopic (exact) mass is 464 g/mol. The van der Waals surface area contributed by atoms with Crippen LogP contribution in [0, 0.1) is 39.0 Å². The second kappa shape index (κ2) is 11.8. The van der Waals surface area contributed by atoms with Crippen LogP contribution in [0.1, 0.15) is 48.3 Å². The third-order valence-electron chi connectivity index (χ3n) is 5.52. The van der Waals surface area contributed by atoms with Gasteiger partial charge >= 0.3 is 5.97 Å².